The largest absolute Gasteiger partial charge is 0.535 e. The first kappa shape index (κ1) is 15.0. The van der Waals surface area contributed by atoms with Crippen molar-refractivity contribution in [3.05, 3.63) is 0 Å². The molecule has 2 nitrogen and oxygen atoms in total. The molecule has 0 aliphatic heterocycles. The maximum Gasteiger partial charge on any atom is 0.365 e. The van der Waals surface area contributed by atoms with Gasteiger partial charge in [0.05, 0.1) is 5.92 Å². The molecule has 0 saturated carbocycles. The van der Waals surface area contributed by atoms with Crippen molar-refractivity contribution in [2.45, 2.75) is 48.0 Å². The minimum atomic E-state index is -0.0765. The van der Waals surface area contributed by atoms with E-state index in [4.69, 9.17) is 4.65 Å². The van der Waals surface area contributed by atoms with E-state index in [0.717, 1.165) is 6.42 Å². The van der Waals surface area contributed by atoms with Crippen LogP contribution >= 0.6 is 9.12 Å². The summed E-state index contributed by atoms with van der Waals surface area (Å²) in [6, 6.07) is 0. The molecule has 0 amide bonds. The zero-order chi connectivity index (χ0) is 12.3. The topological polar surface area (TPSA) is 26.3 Å². The van der Waals surface area contributed by atoms with Crippen LogP contribution in [-0.4, -0.2) is 13.2 Å². The van der Waals surface area contributed by atoms with Crippen LogP contribution in [0.3, 0.4) is 0 Å². The molecule has 0 aromatic rings. The lowest BCUT2D eigenvalue weighted by Crippen LogP contribution is -2.33. The van der Waals surface area contributed by atoms with E-state index in [9.17, 15) is 4.79 Å². The van der Waals surface area contributed by atoms with Gasteiger partial charge in [-0.15, -0.1) is 9.12 Å². The fraction of sp³-hybridized carbons (Fsp3) is 0.909. The van der Waals surface area contributed by atoms with Crippen LogP contribution in [0.1, 0.15) is 48.0 Å². The number of hydrogen-bond acceptors (Lipinski definition) is 2. The van der Waals surface area contributed by atoms with E-state index < -0.39 is 0 Å². The molecule has 0 N–H and O–H groups in total. The van der Waals surface area contributed by atoms with Crippen molar-refractivity contribution in [1.29, 1.82) is 0 Å². The third kappa shape index (κ3) is 6.19. The van der Waals surface area contributed by atoms with Crippen molar-refractivity contribution < 1.29 is 9.45 Å². The summed E-state index contributed by atoms with van der Waals surface area (Å²) >= 11 is 0. The molecule has 0 aliphatic carbocycles. The summed E-state index contributed by atoms with van der Waals surface area (Å²) < 4.78 is 5.10. The van der Waals surface area contributed by atoms with Crippen molar-refractivity contribution in [2.75, 3.05) is 0 Å². The van der Waals surface area contributed by atoms with Crippen molar-refractivity contribution >= 4 is 22.3 Å². The Morgan fingerprint density at radius 3 is 2.00 bits per heavy atom. The zero-order valence-electron chi connectivity index (χ0n) is 10.9. The van der Waals surface area contributed by atoms with Crippen molar-refractivity contribution in [3.8, 4) is 0 Å². The Kier molecular flexibility index (Phi) is 5.33. The number of hydrogen-bond donors (Lipinski definition) is 0. The molecular formula is C11H24BO2P. The molecule has 0 saturated heterocycles. The van der Waals surface area contributed by atoms with Crippen LogP contribution < -0.4 is 0 Å². The van der Waals surface area contributed by atoms with Crippen LogP contribution in [0.2, 0.25) is 0 Å². The monoisotopic (exact) mass is 230 g/mol. The summed E-state index contributed by atoms with van der Waals surface area (Å²) in [4.78, 5) is 11.8. The SMILES string of the molecule is CC(C)(C)CC(C(=O)OBP)C(C)(C)C. The molecular weight excluding hydrogens is 206 g/mol. The molecule has 2 unspecified atom stereocenters. The molecule has 88 valence electrons. The maximum absolute atomic E-state index is 11.8. The van der Waals surface area contributed by atoms with Crippen LogP contribution in [0.15, 0.2) is 0 Å². The second-order valence-corrected chi connectivity index (χ2v) is 6.65. The van der Waals surface area contributed by atoms with E-state index in [-0.39, 0.29) is 22.7 Å². The predicted molar refractivity (Wildman–Crippen MR) is 70.0 cm³/mol. The van der Waals surface area contributed by atoms with Gasteiger partial charge in [-0.1, -0.05) is 41.5 Å². The Labute approximate surface area is 97.0 Å². The average Bonchev–Trinajstić information content (AvgIpc) is 1.97. The van der Waals surface area contributed by atoms with Gasteiger partial charge < -0.3 is 4.65 Å². The summed E-state index contributed by atoms with van der Waals surface area (Å²) in [5, 5.41) is 0. The van der Waals surface area contributed by atoms with E-state index in [1.54, 1.807) is 0 Å². The second kappa shape index (κ2) is 5.34. The van der Waals surface area contributed by atoms with E-state index >= 15 is 0 Å². The Balaban J connectivity index is 4.68. The predicted octanol–water partition coefficient (Wildman–Crippen LogP) is 2.77. The molecule has 0 heterocycles. The summed E-state index contributed by atoms with van der Waals surface area (Å²) in [5.41, 5.74) is 0.113. The van der Waals surface area contributed by atoms with Crippen molar-refractivity contribution in [1.82, 2.24) is 0 Å². The Hall–Kier alpha value is -0.0351. The number of carbonyl (C=O) groups excluding carboxylic acids is 1. The first-order valence-corrected chi connectivity index (χ1v) is 6.26. The quantitative estimate of drug-likeness (QED) is 0.550. The third-order valence-corrected chi connectivity index (χ3v) is 2.54. The van der Waals surface area contributed by atoms with Gasteiger partial charge in [0, 0.05) is 0 Å². The first-order chi connectivity index (χ1) is 6.58. The minimum absolute atomic E-state index is 0.0296. The molecule has 2 atom stereocenters. The van der Waals surface area contributed by atoms with E-state index in [1.165, 1.54) is 0 Å². The van der Waals surface area contributed by atoms with E-state index in [0.29, 0.717) is 7.20 Å². The van der Waals surface area contributed by atoms with Gasteiger partial charge in [0.25, 0.3) is 5.97 Å². The fourth-order valence-corrected chi connectivity index (χ4v) is 1.70. The Bertz CT molecular complexity index is 216. The normalized spacial score (nSPS) is 14.6. The van der Waals surface area contributed by atoms with E-state index in [2.05, 4.69) is 50.7 Å². The average molecular weight is 230 g/mol. The molecule has 0 fully saturated rings. The van der Waals surface area contributed by atoms with Crippen LogP contribution in [0.5, 0.6) is 0 Å². The molecule has 0 radical (unpaired) electrons. The van der Waals surface area contributed by atoms with Gasteiger partial charge in [-0.25, -0.2) is 0 Å². The van der Waals surface area contributed by atoms with Gasteiger partial charge in [-0.2, -0.15) is 0 Å². The lowest BCUT2D eigenvalue weighted by molar-refractivity contribution is -0.143. The molecule has 0 aromatic heterocycles. The van der Waals surface area contributed by atoms with Crippen LogP contribution in [0, 0.1) is 16.7 Å². The smallest absolute Gasteiger partial charge is 0.365 e. The van der Waals surface area contributed by atoms with Gasteiger partial charge in [-0.3, -0.25) is 4.79 Å². The van der Waals surface area contributed by atoms with Gasteiger partial charge in [0.1, 0.15) is 0 Å². The molecule has 0 aromatic carbocycles. The lowest BCUT2D eigenvalue weighted by atomic mass is 9.72. The third-order valence-electron chi connectivity index (χ3n) is 2.37. The van der Waals surface area contributed by atoms with Gasteiger partial charge in [0.2, 0.25) is 0 Å². The highest BCUT2D eigenvalue weighted by Gasteiger charge is 2.35. The number of rotatable bonds is 3. The van der Waals surface area contributed by atoms with Crippen molar-refractivity contribution in [2.24, 2.45) is 16.7 Å². The zero-order valence-corrected chi connectivity index (χ0v) is 12.0. The standard InChI is InChI=1S/C11H24BO2P/c1-10(2,3)7-8(11(4,5)6)9(13)14-12-15/h8,12H,7,15H2,1-6H3. The second-order valence-electron chi connectivity index (χ2n) is 6.31. The number of carbonyl (C=O) groups is 1. The Morgan fingerprint density at radius 1 is 1.27 bits per heavy atom. The van der Waals surface area contributed by atoms with Gasteiger partial charge >= 0.3 is 7.20 Å². The van der Waals surface area contributed by atoms with Crippen molar-refractivity contribution in [3.63, 3.8) is 0 Å². The highest BCUT2D eigenvalue weighted by molar-refractivity contribution is 7.54. The maximum atomic E-state index is 11.8. The van der Waals surface area contributed by atoms with Crippen LogP contribution in [-0.2, 0) is 9.45 Å². The van der Waals surface area contributed by atoms with Crippen LogP contribution in [0.25, 0.3) is 0 Å². The Morgan fingerprint density at radius 2 is 1.73 bits per heavy atom. The summed E-state index contributed by atoms with van der Waals surface area (Å²) in [6.45, 7) is 12.7. The molecule has 15 heavy (non-hydrogen) atoms. The highest BCUT2D eigenvalue weighted by Crippen LogP contribution is 2.36. The summed E-state index contributed by atoms with van der Waals surface area (Å²) in [6.07, 6.45) is 0.861. The molecule has 0 bridgehead atoms. The van der Waals surface area contributed by atoms with Gasteiger partial charge in [0.15, 0.2) is 0 Å². The molecule has 0 aliphatic rings. The van der Waals surface area contributed by atoms with E-state index in [1.807, 2.05) is 0 Å². The minimum Gasteiger partial charge on any atom is -0.535 e. The van der Waals surface area contributed by atoms with Crippen LogP contribution in [0.4, 0.5) is 0 Å². The fourth-order valence-electron chi connectivity index (χ4n) is 1.54. The lowest BCUT2D eigenvalue weighted by Gasteiger charge is -2.33. The van der Waals surface area contributed by atoms with Gasteiger partial charge in [-0.05, 0) is 17.3 Å². The highest BCUT2D eigenvalue weighted by atomic mass is 31.0. The summed E-state index contributed by atoms with van der Waals surface area (Å²) in [5.74, 6) is -0.106. The molecule has 4 heteroatoms. The molecule has 0 spiro atoms. The first-order valence-electron chi connectivity index (χ1n) is 5.44. The summed E-state index contributed by atoms with van der Waals surface area (Å²) in [7, 11) is 2.80. The molecule has 0 rings (SSSR count).